The zero-order valence-electron chi connectivity index (χ0n) is 16.5. The van der Waals surface area contributed by atoms with Crippen molar-refractivity contribution in [2.75, 3.05) is 58.8 Å². The predicted molar refractivity (Wildman–Crippen MR) is 116 cm³/mol. The van der Waals surface area contributed by atoms with Crippen LogP contribution in [0, 0.1) is 5.92 Å². The first-order chi connectivity index (χ1) is 11.4. The lowest BCUT2D eigenvalue weighted by Crippen LogP contribution is -2.52. The molecule has 0 saturated carbocycles. The third-order valence-electron chi connectivity index (χ3n) is 4.39. The first-order valence-corrected chi connectivity index (χ1v) is 8.78. The van der Waals surface area contributed by atoms with Gasteiger partial charge in [0.2, 0.25) is 5.95 Å². The number of aliphatic imine (C=N–C) groups is 1. The minimum absolute atomic E-state index is 0. The van der Waals surface area contributed by atoms with Gasteiger partial charge in [0.05, 0.1) is 18.4 Å². The van der Waals surface area contributed by atoms with E-state index in [9.17, 15) is 0 Å². The van der Waals surface area contributed by atoms with E-state index < -0.39 is 0 Å². The van der Waals surface area contributed by atoms with Crippen LogP contribution in [-0.2, 0) is 13.6 Å². The van der Waals surface area contributed by atoms with Crippen LogP contribution in [0.3, 0.4) is 0 Å². The molecule has 1 N–H and O–H groups in total. The molecule has 0 spiro atoms. The number of hydrogen-bond donors (Lipinski definition) is 1. The fourth-order valence-electron chi connectivity index (χ4n) is 3.17. The van der Waals surface area contributed by atoms with Crippen LogP contribution < -0.4 is 10.2 Å². The van der Waals surface area contributed by atoms with E-state index in [1.807, 2.05) is 39.3 Å². The number of nitrogens with one attached hydrogen (secondary N) is 1. The van der Waals surface area contributed by atoms with Gasteiger partial charge in [0.25, 0.3) is 0 Å². The Labute approximate surface area is 169 Å². The molecule has 0 radical (unpaired) electrons. The fourth-order valence-corrected chi connectivity index (χ4v) is 3.17. The molecule has 144 valence electrons. The van der Waals surface area contributed by atoms with Gasteiger partial charge in [-0.3, -0.25) is 9.89 Å². The highest BCUT2D eigenvalue weighted by Gasteiger charge is 2.20. The molecule has 1 aliphatic heterocycles. The molecule has 1 aromatic rings. The molecule has 0 aromatic carbocycles. The van der Waals surface area contributed by atoms with Crippen molar-refractivity contribution >= 4 is 35.9 Å². The van der Waals surface area contributed by atoms with Crippen molar-refractivity contribution in [2.45, 2.75) is 20.4 Å². The molecule has 7 nitrogen and oxygen atoms in total. The lowest BCUT2D eigenvalue weighted by atomic mass is 10.2. The molecule has 2 heterocycles. The first-order valence-electron chi connectivity index (χ1n) is 8.78. The van der Waals surface area contributed by atoms with Gasteiger partial charge in [-0.15, -0.1) is 24.0 Å². The summed E-state index contributed by atoms with van der Waals surface area (Å²) in [7, 11) is 7.92. The van der Waals surface area contributed by atoms with E-state index in [0.717, 1.165) is 56.2 Å². The number of hydrogen-bond acceptors (Lipinski definition) is 4. The van der Waals surface area contributed by atoms with E-state index >= 15 is 0 Å². The Morgan fingerprint density at radius 1 is 1.28 bits per heavy atom. The third-order valence-corrected chi connectivity index (χ3v) is 4.39. The Bertz CT molecular complexity index is 545. The van der Waals surface area contributed by atoms with Gasteiger partial charge in [0.15, 0.2) is 5.96 Å². The number of piperazine rings is 1. The average molecular weight is 463 g/mol. The van der Waals surface area contributed by atoms with Crippen molar-refractivity contribution < 1.29 is 0 Å². The van der Waals surface area contributed by atoms with Crippen LogP contribution in [-0.4, -0.2) is 79.2 Å². The van der Waals surface area contributed by atoms with E-state index in [0.29, 0.717) is 0 Å². The predicted octanol–water partition coefficient (Wildman–Crippen LogP) is 1.45. The van der Waals surface area contributed by atoms with Gasteiger partial charge in [-0.05, 0) is 5.92 Å². The minimum Gasteiger partial charge on any atom is -0.351 e. The molecule has 8 heteroatoms. The molecular formula is C17H34IN7. The number of guanidine groups is 1. The van der Waals surface area contributed by atoms with Crippen molar-refractivity contribution in [3.05, 3.63) is 11.9 Å². The average Bonchev–Trinajstić information content (AvgIpc) is 2.90. The summed E-state index contributed by atoms with van der Waals surface area (Å²) in [5.41, 5.74) is 1.15. The van der Waals surface area contributed by atoms with Crippen LogP contribution in [0.4, 0.5) is 5.95 Å². The molecular weight excluding hydrogens is 429 g/mol. The second-order valence-electron chi connectivity index (χ2n) is 7.09. The lowest BCUT2D eigenvalue weighted by molar-refractivity contribution is 0.164. The van der Waals surface area contributed by atoms with Crippen LogP contribution in [0.1, 0.15) is 19.5 Å². The van der Waals surface area contributed by atoms with E-state index in [2.05, 4.69) is 43.5 Å². The number of halogens is 1. The van der Waals surface area contributed by atoms with Gasteiger partial charge in [-0.25, -0.2) is 4.98 Å². The summed E-state index contributed by atoms with van der Waals surface area (Å²) in [5.74, 6) is 2.67. The van der Waals surface area contributed by atoms with Gasteiger partial charge in [-0.1, -0.05) is 13.8 Å². The molecule has 0 atom stereocenters. The Kier molecular flexibility index (Phi) is 8.98. The number of rotatable bonds is 5. The second-order valence-corrected chi connectivity index (χ2v) is 7.09. The number of aromatic nitrogens is 2. The normalized spacial score (nSPS) is 16.1. The summed E-state index contributed by atoms with van der Waals surface area (Å²) < 4.78 is 2.11. The number of nitrogens with zero attached hydrogens (tertiary/aromatic N) is 6. The molecule has 1 aromatic heterocycles. The molecule has 1 fully saturated rings. The summed E-state index contributed by atoms with van der Waals surface area (Å²) in [6.07, 6.45) is 1.93. The summed E-state index contributed by atoms with van der Waals surface area (Å²) in [6, 6.07) is 0. The van der Waals surface area contributed by atoms with Crippen LogP contribution in [0.5, 0.6) is 0 Å². The van der Waals surface area contributed by atoms with Crippen molar-refractivity contribution in [2.24, 2.45) is 18.0 Å². The zero-order valence-corrected chi connectivity index (χ0v) is 18.8. The largest absolute Gasteiger partial charge is 0.351 e. The summed E-state index contributed by atoms with van der Waals surface area (Å²) in [4.78, 5) is 15.8. The van der Waals surface area contributed by atoms with Gasteiger partial charge >= 0.3 is 0 Å². The van der Waals surface area contributed by atoms with Crippen LogP contribution in [0.25, 0.3) is 0 Å². The molecule has 1 aliphatic rings. The highest BCUT2D eigenvalue weighted by molar-refractivity contribution is 14.0. The standard InChI is InChI=1S/C17H33N7.HI/c1-14(2)13-23-7-9-24(10-8-23)16(18-3)19-11-15-12-20-17(21(4)5)22(15)6;/h12,14H,7-11,13H2,1-6H3,(H,18,19);1H. The molecule has 0 bridgehead atoms. The second kappa shape index (κ2) is 10.2. The fraction of sp³-hybridized carbons (Fsp3) is 0.765. The highest BCUT2D eigenvalue weighted by atomic mass is 127. The van der Waals surface area contributed by atoms with Crippen molar-refractivity contribution in [1.29, 1.82) is 0 Å². The summed E-state index contributed by atoms with van der Waals surface area (Å²) in [6.45, 7) is 10.7. The molecule has 0 aliphatic carbocycles. The Morgan fingerprint density at radius 3 is 2.40 bits per heavy atom. The number of imidazole rings is 1. The smallest absolute Gasteiger partial charge is 0.204 e. The maximum Gasteiger partial charge on any atom is 0.204 e. The van der Waals surface area contributed by atoms with E-state index in [4.69, 9.17) is 0 Å². The Morgan fingerprint density at radius 2 is 1.92 bits per heavy atom. The highest BCUT2D eigenvalue weighted by Crippen LogP contribution is 2.11. The van der Waals surface area contributed by atoms with E-state index in [1.54, 1.807) is 0 Å². The summed E-state index contributed by atoms with van der Waals surface area (Å²) in [5, 5.41) is 3.48. The first kappa shape index (κ1) is 22.0. The Balaban J connectivity index is 0.00000312. The monoisotopic (exact) mass is 463 g/mol. The lowest BCUT2D eigenvalue weighted by Gasteiger charge is -2.37. The molecule has 25 heavy (non-hydrogen) atoms. The van der Waals surface area contributed by atoms with E-state index in [-0.39, 0.29) is 24.0 Å². The van der Waals surface area contributed by atoms with Gasteiger partial charge in [-0.2, -0.15) is 0 Å². The maximum atomic E-state index is 4.46. The Hall–Kier alpha value is -1.03. The summed E-state index contributed by atoms with van der Waals surface area (Å²) >= 11 is 0. The van der Waals surface area contributed by atoms with Gasteiger partial charge in [0.1, 0.15) is 0 Å². The minimum atomic E-state index is 0. The van der Waals surface area contributed by atoms with Crippen molar-refractivity contribution in [3.63, 3.8) is 0 Å². The SMILES string of the molecule is CN=C(NCc1cnc(N(C)C)n1C)N1CCN(CC(C)C)CC1.I. The topological polar surface area (TPSA) is 51.9 Å². The molecule has 2 rings (SSSR count). The van der Waals surface area contributed by atoms with E-state index in [1.165, 1.54) is 6.54 Å². The van der Waals surface area contributed by atoms with Gasteiger partial charge < -0.3 is 19.7 Å². The maximum absolute atomic E-state index is 4.46. The molecule has 0 amide bonds. The van der Waals surface area contributed by atoms with Gasteiger partial charge in [0, 0.05) is 60.9 Å². The molecule has 0 unspecified atom stereocenters. The van der Waals surface area contributed by atoms with Crippen LogP contribution in [0.2, 0.25) is 0 Å². The third kappa shape index (κ3) is 6.02. The van der Waals surface area contributed by atoms with Crippen molar-refractivity contribution in [1.82, 2.24) is 24.7 Å². The quantitative estimate of drug-likeness (QED) is 0.407. The zero-order chi connectivity index (χ0) is 17.7. The van der Waals surface area contributed by atoms with Crippen LogP contribution in [0.15, 0.2) is 11.2 Å². The number of anilines is 1. The van der Waals surface area contributed by atoms with Crippen molar-refractivity contribution in [3.8, 4) is 0 Å². The molecule has 1 saturated heterocycles. The van der Waals surface area contributed by atoms with Crippen LogP contribution >= 0.6 is 24.0 Å².